The number of likely N-dealkylation sites (tertiary alicyclic amines) is 2. The van der Waals surface area contributed by atoms with Gasteiger partial charge in [0.1, 0.15) is 0 Å². The molecule has 5 nitrogen and oxygen atoms in total. The predicted molar refractivity (Wildman–Crippen MR) is 128 cm³/mol. The predicted octanol–water partition coefficient (Wildman–Crippen LogP) is 3.54. The van der Waals surface area contributed by atoms with Crippen LogP contribution in [0.5, 0.6) is 0 Å². The maximum Gasteiger partial charge on any atom is 0.191 e. The Morgan fingerprint density at radius 3 is 2.63 bits per heavy atom. The summed E-state index contributed by atoms with van der Waals surface area (Å²) in [7, 11) is 0. The molecule has 27 heavy (non-hydrogen) atoms. The topological polar surface area (TPSA) is 42.9 Å². The van der Waals surface area contributed by atoms with Crippen LogP contribution in [0.1, 0.15) is 66.2 Å². The van der Waals surface area contributed by atoms with Crippen molar-refractivity contribution < 1.29 is 0 Å². The quantitative estimate of drug-likeness (QED) is 0.235. The van der Waals surface area contributed by atoms with Gasteiger partial charge >= 0.3 is 0 Å². The lowest BCUT2D eigenvalue weighted by atomic mass is 9.97. The zero-order chi connectivity index (χ0) is 18.8. The molecule has 2 fully saturated rings. The Kier molecular flexibility index (Phi) is 12.9. The molecule has 6 heteroatoms. The molecule has 0 spiro atoms. The van der Waals surface area contributed by atoms with Crippen LogP contribution in [0.4, 0.5) is 0 Å². The Hall–Kier alpha value is -0.0800. The summed E-state index contributed by atoms with van der Waals surface area (Å²) in [6, 6.07) is 1.42. The largest absolute Gasteiger partial charge is 0.357 e. The van der Waals surface area contributed by atoms with Crippen molar-refractivity contribution in [2.75, 3.05) is 45.8 Å². The number of halogens is 1. The summed E-state index contributed by atoms with van der Waals surface area (Å²) in [4.78, 5) is 10.1. The van der Waals surface area contributed by atoms with Gasteiger partial charge in [0.25, 0.3) is 0 Å². The van der Waals surface area contributed by atoms with Gasteiger partial charge in [0.15, 0.2) is 5.96 Å². The van der Waals surface area contributed by atoms with Crippen LogP contribution in [-0.4, -0.2) is 73.7 Å². The molecule has 0 aromatic carbocycles. The highest BCUT2D eigenvalue weighted by Crippen LogP contribution is 2.18. The van der Waals surface area contributed by atoms with E-state index in [1.165, 1.54) is 64.7 Å². The van der Waals surface area contributed by atoms with Crippen molar-refractivity contribution in [1.29, 1.82) is 0 Å². The summed E-state index contributed by atoms with van der Waals surface area (Å²) in [5, 5.41) is 6.96. The minimum atomic E-state index is 0. The van der Waals surface area contributed by atoms with E-state index >= 15 is 0 Å². The van der Waals surface area contributed by atoms with E-state index in [1.54, 1.807) is 0 Å². The number of hydrogen-bond acceptors (Lipinski definition) is 3. The average Bonchev–Trinajstić information content (AvgIpc) is 2.64. The first kappa shape index (κ1) is 25.0. The minimum absolute atomic E-state index is 0. The van der Waals surface area contributed by atoms with Crippen LogP contribution in [0.25, 0.3) is 0 Å². The average molecular weight is 494 g/mol. The van der Waals surface area contributed by atoms with Gasteiger partial charge in [-0.2, -0.15) is 0 Å². The maximum atomic E-state index is 4.88. The highest BCUT2D eigenvalue weighted by molar-refractivity contribution is 14.0. The lowest BCUT2D eigenvalue weighted by Crippen LogP contribution is -2.43. The SMILES string of the molecule is CCNC(=NCC1CCCN(C(C)C)C1)NCCCN1CCCCC1C.I. The molecule has 0 radical (unpaired) electrons. The molecule has 2 heterocycles. The maximum absolute atomic E-state index is 4.88. The van der Waals surface area contributed by atoms with Gasteiger partial charge in [-0.15, -0.1) is 24.0 Å². The number of nitrogens with one attached hydrogen (secondary N) is 2. The van der Waals surface area contributed by atoms with Gasteiger partial charge in [0.2, 0.25) is 0 Å². The number of nitrogens with zero attached hydrogens (tertiary/aromatic N) is 3. The summed E-state index contributed by atoms with van der Waals surface area (Å²) in [6.45, 7) is 17.0. The molecule has 0 aromatic rings. The number of aliphatic imine (C=N–C) groups is 1. The van der Waals surface area contributed by atoms with Gasteiger partial charge in [-0.3, -0.25) is 4.99 Å². The number of rotatable bonds is 8. The first-order chi connectivity index (χ1) is 12.6. The number of guanidine groups is 1. The van der Waals surface area contributed by atoms with Crippen molar-refractivity contribution in [3.8, 4) is 0 Å². The van der Waals surface area contributed by atoms with Crippen molar-refractivity contribution in [2.24, 2.45) is 10.9 Å². The van der Waals surface area contributed by atoms with Gasteiger partial charge in [-0.25, -0.2) is 0 Å². The van der Waals surface area contributed by atoms with Crippen LogP contribution in [0.15, 0.2) is 4.99 Å². The molecule has 2 aliphatic heterocycles. The van der Waals surface area contributed by atoms with E-state index in [0.717, 1.165) is 31.6 Å². The molecule has 0 aliphatic carbocycles. The van der Waals surface area contributed by atoms with E-state index < -0.39 is 0 Å². The molecule has 2 atom stereocenters. The Labute approximate surface area is 185 Å². The van der Waals surface area contributed by atoms with E-state index in [1.807, 2.05) is 0 Å². The zero-order valence-corrected chi connectivity index (χ0v) is 20.5. The molecule has 2 N–H and O–H groups in total. The number of hydrogen-bond donors (Lipinski definition) is 2. The van der Waals surface area contributed by atoms with Crippen molar-refractivity contribution in [3.05, 3.63) is 0 Å². The van der Waals surface area contributed by atoms with Crippen LogP contribution in [0.2, 0.25) is 0 Å². The lowest BCUT2D eigenvalue weighted by Gasteiger charge is -2.35. The standard InChI is InChI=1S/C21H43N5.HI/c1-5-22-21(23-12-9-15-25-13-7-6-10-19(25)4)24-16-20-11-8-14-26(17-20)18(2)3;/h18-20H,5-17H2,1-4H3,(H2,22,23,24);1H. The monoisotopic (exact) mass is 493 g/mol. The van der Waals surface area contributed by atoms with E-state index in [0.29, 0.717) is 12.0 Å². The van der Waals surface area contributed by atoms with E-state index in [-0.39, 0.29) is 24.0 Å². The van der Waals surface area contributed by atoms with Crippen LogP contribution >= 0.6 is 24.0 Å². The summed E-state index contributed by atoms with van der Waals surface area (Å²) < 4.78 is 0. The molecular formula is C21H44IN5. The Bertz CT molecular complexity index is 415. The Morgan fingerprint density at radius 1 is 1.11 bits per heavy atom. The van der Waals surface area contributed by atoms with Crippen LogP contribution in [-0.2, 0) is 0 Å². The van der Waals surface area contributed by atoms with Crippen molar-refractivity contribution in [2.45, 2.75) is 78.3 Å². The second-order valence-corrected chi connectivity index (χ2v) is 8.48. The lowest BCUT2D eigenvalue weighted by molar-refractivity contribution is 0.143. The molecule has 2 saturated heterocycles. The fourth-order valence-corrected chi connectivity index (χ4v) is 4.26. The normalized spacial score (nSPS) is 25.3. The van der Waals surface area contributed by atoms with Crippen molar-refractivity contribution >= 4 is 29.9 Å². The van der Waals surface area contributed by atoms with Crippen LogP contribution < -0.4 is 10.6 Å². The van der Waals surface area contributed by atoms with Gasteiger partial charge < -0.3 is 20.4 Å². The first-order valence-electron chi connectivity index (χ1n) is 11.1. The smallest absolute Gasteiger partial charge is 0.191 e. The third-order valence-electron chi connectivity index (χ3n) is 5.99. The van der Waals surface area contributed by atoms with Gasteiger partial charge in [-0.1, -0.05) is 6.42 Å². The first-order valence-corrected chi connectivity index (χ1v) is 11.1. The molecule has 0 aromatic heterocycles. The summed E-state index contributed by atoms with van der Waals surface area (Å²) >= 11 is 0. The molecule has 0 saturated carbocycles. The third-order valence-corrected chi connectivity index (χ3v) is 5.99. The molecule has 0 bridgehead atoms. The van der Waals surface area contributed by atoms with E-state index in [4.69, 9.17) is 4.99 Å². The van der Waals surface area contributed by atoms with Crippen LogP contribution in [0, 0.1) is 5.92 Å². The molecule has 2 rings (SSSR count). The highest BCUT2D eigenvalue weighted by Gasteiger charge is 2.21. The summed E-state index contributed by atoms with van der Waals surface area (Å²) in [5.74, 6) is 1.71. The second kappa shape index (κ2) is 14.0. The summed E-state index contributed by atoms with van der Waals surface area (Å²) in [6.07, 6.45) is 7.97. The van der Waals surface area contributed by atoms with E-state index in [9.17, 15) is 0 Å². The van der Waals surface area contributed by atoms with Crippen molar-refractivity contribution in [3.63, 3.8) is 0 Å². The molecule has 0 amide bonds. The minimum Gasteiger partial charge on any atom is -0.357 e. The Morgan fingerprint density at radius 2 is 1.93 bits per heavy atom. The summed E-state index contributed by atoms with van der Waals surface area (Å²) in [5.41, 5.74) is 0. The van der Waals surface area contributed by atoms with Gasteiger partial charge in [0, 0.05) is 44.8 Å². The van der Waals surface area contributed by atoms with Crippen molar-refractivity contribution in [1.82, 2.24) is 20.4 Å². The van der Waals surface area contributed by atoms with E-state index in [2.05, 4.69) is 48.1 Å². The number of piperidine rings is 2. The van der Waals surface area contributed by atoms with Gasteiger partial charge in [-0.05, 0) is 78.8 Å². The second-order valence-electron chi connectivity index (χ2n) is 8.48. The molecule has 160 valence electrons. The van der Waals surface area contributed by atoms with Gasteiger partial charge in [0.05, 0.1) is 0 Å². The molecule has 2 aliphatic rings. The fraction of sp³-hybridized carbons (Fsp3) is 0.952. The molecule has 2 unspecified atom stereocenters. The highest BCUT2D eigenvalue weighted by atomic mass is 127. The molecular weight excluding hydrogens is 449 g/mol. The van der Waals surface area contributed by atoms with Crippen LogP contribution in [0.3, 0.4) is 0 Å². The third kappa shape index (κ3) is 9.31. The fourth-order valence-electron chi connectivity index (χ4n) is 4.26. The zero-order valence-electron chi connectivity index (χ0n) is 18.2. The Balaban J connectivity index is 0.00000364.